The maximum atomic E-state index is 6.09. The van der Waals surface area contributed by atoms with Gasteiger partial charge in [0.05, 0.1) is 17.1 Å². The lowest BCUT2D eigenvalue weighted by Crippen LogP contribution is -2.06. The zero-order valence-electron chi connectivity index (χ0n) is 10.5. The summed E-state index contributed by atoms with van der Waals surface area (Å²) >= 11 is 0. The number of nitrogens with two attached hydrogens (primary N) is 1. The summed E-state index contributed by atoms with van der Waals surface area (Å²) in [7, 11) is 0. The van der Waals surface area contributed by atoms with Crippen LogP contribution in [0.1, 0.15) is 5.69 Å². The van der Waals surface area contributed by atoms with Crippen LogP contribution >= 0.6 is 0 Å². The molecule has 1 aromatic carbocycles. The van der Waals surface area contributed by atoms with Crippen LogP contribution in [0.5, 0.6) is 0 Å². The Labute approximate surface area is 110 Å². The molecule has 0 bridgehead atoms. The van der Waals surface area contributed by atoms with Crippen LogP contribution in [-0.2, 0) is 0 Å². The number of hydrogen-bond acceptors (Lipinski definition) is 4. The fourth-order valence-electron chi connectivity index (χ4n) is 1.88. The number of nitrogens with zero attached hydrogens (tertiary/aromatic N) is 4. The summed E-state index contributed by atoms with van der Waals surface area (Å²) in [5, 5.41) is 0. The molecule has 0 amide bonds. The summed E-state index contributed by atoms with van der Waals surface area (Å²) in [5.41, 5.74) is 9.18. The molecule has 0 saturated heterocycles. The summed E-state index contributed by atoms with van der Waals surface area (Å²) in [6.45, 7) is 1.88. The molecule has 0 spiro atoms. The fraction of sp³-hybridized carbons (Fsp3) is 0.0714. The van der Waals surface area contributed by atoms with Gasteiger partial charge in [-0.25, -0.2) is 15.0 Å². The molecule has 19 heavy (non-hydrogen) atoms. The van der Waals surface area contributed by atoms with Crippen LogP contribution in [-0.4, -0.2) is 19.5 Å². The van der Waals surface area contributed by atoms with Crippen LogP contribution in [0, 0.1) is 6.92 Å². The first-order valence-corrected chi connectivity index (χ1v) is 5.93. The predicted octanol–water partition coefficient (Wildman–Crippen LogP) is 2.22. The Balaban J connectivity index is 2.20. The lowest BCUT2D eigenvalue weighted by Gasteiger charge is -2.10. The molecule has 0 atom stereocenters. The monoisotopic (exact) mass is 251 g/mol. The van der Waals surface area contributed by atoms with Gasteiger partial charge in [-0.15, -0.1) is 0 Å². The van der Waals surface area contributed by atoms with Gasteiger partial charge in [0.15, 0.2) is 0 Å². The summed E-state index contributed by atoms with van der Waals surface area (Å²) < 4.78 is 1.76. The Morgan fingerprint density at radius 2 is 1.89 bits per heavy atom. The SMILES string of the molecule is Cc1nc(-n2ccnc2)nc(-c2ccccc2)c1N. The van der Waals surface area contributed by atoms with Gasteiger partial charge < -0.3 is 5.73 Å². The third-order valence-electron chi connectivity index (χ3n) is 2.91. The van der Waals surface area contributed by atoms with Gasteiger partial charge in [0.1, 0.15) is 6.33 Å². The van der Waals surface area contributed by atoms with Crippen molar-refractivity contribution in [3.05, 3.63) is 54.7 Å². The average Bonchev–Trinajstić information content (AvgIpc) is 2.97. The molecular formula is C14H13N5. The number of hydrogen-bond donors (Lipinski definition) is 1. The first kappa shape index (κ1) is 11.4. The summed E-state index contributed by atoms with van der Waals surface area (Å²) in [6, 6.07) is 9.85. The zero-order valence-corrected chi connectivity index (χ0v) is 10.5. The molecule has 94 valence electrons. The lowest BCUT2D eigenvalue weighted by molar-refractivity contribution is 0.915. The van der Waals surface area contributed by atoms with Crippen molar-refractivity contribution in [1.29, 1.82) is 0 Å². The average molecular weight is 251 g/mol. The summed E-state index contributed by atoms with van der Waals surface area (Å²) in [5.74, 6) is 0.572. The van der Waals surface area contributed by atoms with E-state index in [1.807, 2.05) is 37.3 Å². The maximum absolute atomic E-state index is 6.09. The minimum atomic E-state index is 0.572. The molecule has 2 heterocycles. The fourth-order valence-corrected chi connectivity index (χ4v) is 1.88. The molecule has 0 aliphatic heterocycles. The molecule has 2 N–H and O–H groups in total. The topological polar surface area (TPSA) is 69.6 Å². The van der Waals surface area contributed by atoms with Crippen LogP contribution in [0.3, 0.4) is 0 Å². The molecule has 3 rings (SSSR count). The van der Waals surface area contributed by atoms with Gasteiger partial charge in [-0.05, 0) is 6.92 Å². The first-order valence-electron chi connectivity index (χ1n) is 5.93. The van der Waals surface area contributed by atoms with E-state index in [-0.39, 0.29) is 0 Å². The number of aryl methyl sites for hydroxylation is 1. The molecule has 0 aliphatic rings. The van der Waals surface area contributed by atoms with Gasteiger partial charge in [0, 0.05) is 18.0 Å². The van der Waals surface area contributed by atoms with E-state index in [0.717, 1.165) is 17.0 Å². The van der Waals surface area contributed by atoms with Crippen molar-refractivity contribution >= 4 is 5.69 Å². The third kappa shape index (κ3) is 2.06. The highest BCUT2D eigenvalue weighted by molar-refractivity contribution is 5.74. The Kier molecular flexibility index (Phi) is 2.72. The quantitative estimate of drug-likeness (QED) is 0.758. The first-order chi connectivity index (χ1) is 9.25. The van der Waals surface area contributed by atoms with Crippen LogP contribution in [0.4, 0.5) is 5.69 Å². The van der Waals surface area contributed by atoms with Gasteiger partial charge >= 0.3 is 0 Å². The Bertz CT molecular complexity index is 689. The van der Waals surface area contributed by atoms with Crippen LogP contribution in [0.25, 0.3) is 17.2 Å². The largest absolute Gasteiger partial charge is 0.395 e. The normalized spacial score (nSPS) is 10.6. The molecular weight excluding hydrogens is 238 g/mol. The Morgan fingerprint density at radius 1 is 1.11 bits per heavy atom. The van der Waals surface area contributed by atoms with E-state index in [4.69, 9.17) is 5.73 Å². The van der Waals surface area contributed by atoms with Crippen molar-refractivity contribution < 1.29 is 0 Å². The molecule has 0 radical (unpaired) electrons. The number of benzene rings is 1. The van der Waals surface area contributed by atoms with Crippen LogP contribution in [0.2, 0.25) is 0 Å². The standard InChI is InChI=1S/C14H13N5/c1-10-12(15)13(11-5-3-2-4-6-11)18-14(17-10)19-8-7-16-9-19/h2-9H,15H2,1H3. The highest BCUT2D eigenvalue weighted by Gasteiger charge is 2.11. The van der Waals surface area contributed by atoms with E-state index in [1.165, 1.54) is 0 Å². The predicted molar refractivity (Wildman–Crippen MR) is 73.7 cm³/mol. The van der Waals surface area contributed by atoms with E-state index in [2.05, 4.69) is 15.0 Å². The summed E-state index contributed by atoms with van der Waals surface area (Å²) in [4.78, 5) is 12.9. The smallest absolute Gasteiger partial charge is 0.235 e. The third-order valence-corrected chi connectivity index (χ3v) is 2.91. The number of nitrogen functional groups attached to an aromatic ring is 1. The Hall–Kier alpha value is -2.69. The van der Waals surface area contributed by atoms with E-state index in [9.17, 15) is 0 Å². The van der Waals surface area contributed by atoms with Crippen molar-refractivity contribution in [3.8, 4) is 17.2 Å². The number of rotatable bonds is 2. The van der Waals surface area contributed by atoms with E-state index >= 15 is 0 Å². The van der Waals surface area contributed by atoms with Crippen molar-refractivity contribution in [2.24, 2.45) is 0 Å². The van der Waals surface area contributed by atoms with Gasteiger partial charge in [0.2, 0.25) is 5.95 Å². The van der Waals surface area contributed by atoms with E-state index in [1.54, 1.807) is 23.3 Å². The van der Waals surface area contributed by atoms with Crippen molar-refractivity contribution in [2.75, 3.05) is 5.73 Å². The Morgan fingerprint density at radius 3 is 2.58 bits per heavy atom. The number of imidazole rings is 1. The minimum absolute atomic E-state index is 0.572. The molecule has 3 aromatic rings. The number of aromatic nitrogens is 4. The minimum Gasteiger partial charge on any atom is -0.395 e. The molecule has 0 aliphatic carbocycles. The molecule has 0 unspecified atom stereocenters. The van der Waals surface area contributed by atoms with E-state index < -0.39 is 0 Å². The van der Waals surface area contributed by atoms with E-state index in [0.29, 0.717) is 11.6 Å². The van der Waals surface area contributed by atoms with Gasteiger partial charge in [-0.1, -0.05) is 30.3 Å². The molecule has 5 heteroatoms. The second kappa shape index (κ2) is 4.53. The molecule has 5 nitrogen and oxygen atoms in total. The van der Waals surface area contributed by atoms with Crippen molar-refractivity contribution in [1.82, 2.24) is 19.5 Å². The van der Waals surface area contributed by atoms with Crippen molar-refractivity contribution in [2.45, 2.75) is 6.92 Å². The maximum Gasteiger partial charge on any atom is 0.235 e. The highest BCUT2D eigenvalue weighted by Crippen LogP contribution is 2.26. The van der Waals surface area contributed by atoms with Gasteiger partial charge in [-0.2, -0.15) is 0 Å². The number of anilines is 1. The molecule has 2 aromatic heterocycles. The lowest BCUT2D eigenvalue weighted by atomic mass is 10.1. The second-order valence-corrected chi connectivity index (χ2v) is 4.21. The molecule has 0 saturated carbocycles. The van der Waals surface area contributed by atoms with Gasteiger partial charge in [-0.3, -0.25) is 4.57 Å². The zero-order chi connectivity index (χ0) is 13.2. The summed E-state index contributed by atoms with van der Waals surface area (Å²) in [6.07, 6.45) is 5.16. The van der Waals surface area contributed by atoms with Gasteiger partial charge in [0.25, 0.3) is 0 Å². The molecule has 0 fully saturated rings. The van der Waals surface area contributed by atoms with Crippen LogP contribution in [0.15, 0.2) is 49.1 Å². The van der Waals surface area contributed by atoms with Crippen LogP contribution < -0.4 is 5.73 Å². The highest BCUT2D eigenvalue weighted by atomic mass is 15.2. The second-order valence-electron chi connectivity index (χ2n) is 4.21. The van der Waals surface area contributed by atoms with Crippen molar-refractivity contribution in [3.63, 3.8) is 0 Å².